The Morgan fingerprint density at radius 1 is 1.46 bits per heavy atom. The van der Waals surface area contributed by atoms with Crippen LogP contribution in [0.5, 0.6) is 0 Å². The largest absolute Gasteiger partial charge is 0.467 e. The van der Waals surface area contributed by atoms with Crippen LogP contribution < -0.4 is 5.32 Å². The van der Waals surface area contributed by atoms with Crippen LogP contribution in [0.25, 0.3) is 0 Å². The summed E-state index contributed by atoms with van der Waals surface area (Å²) in [5.41, 5.74) is 2.49. The predicted octanol–water partition coefficient (Wildman–Crippen LogP) is 1.31. The van der Waals surface area contributed by atoms with E-state index in [9.17, 15) is 13.2 Å². The van der Waals surface area contributed by atoms with Crippen LogP contribution >= 0.6 is 0 Å². The van der Waals surface area contributed by atoms with E-state index in [4.69, 9.17) is 4.42 Å². The molecule has 1 amide bonds. The number of sulfone groups is 1. The van der Waals surface area contributed by atoms with E-state index in [2.05, 4.69) is 10.4 Å². The molecule has 1 atom stereocenters. The van der Waals surface area contributed by atoms with Gasteiger partial charge >= 0.3 is 0 Å². The summed E-state index contributed by atoms with van der Waals surface area (Å²) >= 11 is 0. The number of hydrogen-bond acceptors (Lipinski definition) is 5. The molecule has 0 saturated carbocycles. The van der Waals surface area contributed by atoms with Crippen molar-refractivity contribution < 1.29 is 17.6 Å². The lowest BCUT2D eigenvalue weighted by Gasteiger charge is -2.11. The molecule has 1 aliphatic rings. The van der Waals surface area contributed by atoms with E-state index in [1.165, 1.54) is 0 Å². The second-order valence-electron chi connectivity index (χ2n) is 6.18. The molecule has 24 heavy (non-hydrogen) atoms. The Morgan fingerprint density at radius 3 is 2.88 bits per heavy atom. The second kappa shape index (κ2) is 6.43. The SMILES string of the molecule is Cc1nn(C2CCS(=O)(=O)C2)c(C)c1CC(=O)NCc1ccco1. The highest BCUT2D eigenvalue weighted by atomic mass is 32.2. The van der Waals surface area contributed by atoms with Gasteiger partial charge in [0.1, 0.15) is 5.76 Å². The Hall–Kier alpha value is -2.09. The van der Waals surface area contributed by atoms with Crippen molar-refractivity contribution in [1.29, 1.82) is 0 Å². The minimum atomic E-state index is -2.97. The number of rotatable bonds is 5. The zero-order chi connectivity index (χ0) is 17.3. The van der Waals surface area contributed by atoms with Gasteiger partial charge in [0.25, 0.3) is 0 Å². The molecule has 130 valence electrons. The maximum absolute atomic E-state index is 12.2. The summed E-state index contributed by atoms with van der Waals surface area (Å²) in [7, 11) is -2.97. The van der Waals surface area contributed by atoms with Crippen molar-refractivity contribution >= 4 is 15.7 Å². The first kappa shape index (κ1) is 16.8. The Balaban J connectivity index is 1.69. The van der Waals surface area contributed by atoms with Crippen LogP contribution in [0.4, 0.5) is 0 Å². The quantitative estimate of drug-likeness (QED) is 0.876. The van der Waals surface area contributed by atoms with E-state index >= 15 is 0 Å². The molecule has 8 heteroatoms. The lowest BCUT2D eigenvalue weighted by atomic mass is 10.1. The highest BCUT2D eigenvalue weighted by Crippen LogP contribution is 2.26. The molecule has 0 spiro atoms. The fraction of sp³-hybridized carbons (Fsp3) is 0.500. The summed E-state index contributed by atoms with van der Waals surface area (Å²) in [6.45, 7) is 4.08. The van der Waals surface area contributed by atoms with E-state index in [0.29, 0.717) is 18.7 Å². The Morgan fingerprint density at radius 2 is 2.25 bits per heavy atom. The summed E-state index contributed by atoms with van der Waals surface area (Å²) < 4.78 is 30.3. The van der Waals surface area contributed by atoms with Gasteiger partial charge in [0.15, 0.2) is 9.84 Å². The van der Waals surface area contributed by atoms with Crippen LogP contribution in [-0.4, -0.2) is 35.6 Å². The van der Waals surface area contributed by atoms with Gasteiger partial charge in [0.2, 0.25) is 5.91 Å². The van der Waals surface area contributed by atoms with Crippen molar-refractivity contribution in [1.82, 2.24) is 15.1 Å². The third-order valence-corrected chi connectivity index (χ3v) is 6.16. The molecule has 0 radical (unpaired) electrons. The molecule has 0 bridgehead atoms. The van der Waals surface area contributed by atoms with Gasteiger partial charge in [-0.25, -0.2) is 8.42 Å². The van der Waals surface area contributed by atoms with E-state index in [1.54, 1.807) is 23.1 Å². The standard InChI is InChI=1S/C16H21N3O4S/c1-11-15(8-16(20)17-9-14-4-3-6-23-14)12(2)19(18-11)13-5-7-24(21,22)10-13/h3-4,6,13H,5,7-10H2,1-2H3,(H,17,20). The van der Waals surface area contributed by atoms with E-state index in [-0.39, 0.29) is 29.9 Å². The van der Waals surface area contributed by atoms with E-state index in [0.717, 1.165) is 17.0 Å². The molecule has 1 saturated heterocycles. The number of hydrogen-bond donors (Lipinski definition) is 1. The molecule has 7 nitrogen and oxygen atoms in total. The Kier molecular flexibility index (Phi) is 4.49. The van der Waals surface area contributed by atoms with Crippen molar-refractivity contribution in [2.75, 3.05) is 11.5 Å². The summed E-state index contributed by atoms with van der Waals surface area (Å²) in [6.07, 6.45) is 2.36. The number of carbonyl (C=O) groups excluding carboxylic acids is 1. The van der Waals surface area contributed by atoms with Crippen LogP contribution in [0.3, 0.4) is 0 Å². The van der Waals surface area contributed by atoms with Gasteiger partial charge in [-0.2, -0.15) is 5.10 Å². The summed E-state index contributed by atoms with van der Waals surface area (Å²) in [5.74, 6) is 0.911. The van der Waals surface area contributed by atoms with Crippen LogP contribution in [0.15, 0.2) is 22.8 Å². The van der Waals surface area contributed by atoms with Gasteiger partial charge in [0, 0.05) is 11.3 Å². The number of amides is 1. The number of aryl methyl sites for hydroxylation is 1. The first-order valence-corrected chi connectivity index (χ1v) is 9.72. The van der Waals surface area contributed by atoms with Gasteiger partial charge in [-0.05, 0) is 32.4 Å². The van der Waals surface area contributed by atoms with Crippen LogP contribution in [0.2, 0.25) is 0 Å². The minimum absolute atomic E-state index is 0.115. The van der Waals surface area contributed by atoms with Crippen LogP contribution in [0, 0.1) is 13.8 Å². The zero-order valence-electron chi connectivity index (χ0n) is 13.8. The molecule has 3 heterocycles. The molecule has 1 N–H and O–H groups in total. The maximum Gasteiger partial charge on any atom is 0.224 e. The third kappa shape index (κ3) is 3.53. The summed E-state index contributed by atoms with van der Waals surface area (Å²) in [4.78, 5) is 12.2. The Labute approximate surface area is 141 Å². The molecule has 2 aromatic heterocycles. The fourth-order valence-electron chi connectivity index (χ4n) is 3.10. The number of carbonyl (C=O) groups is 1. The van der Waals surface area contributed by atoms with E-state index < -0.39 is 9.84 Å². The molecule has 2 aromatic rings. The van der Waals surface area contributed by atoms with Crippen molar-refractivity contribution in [2.24, 2.45) is 0 Å². The predicted molar refractivity (Wildman–Crippen MR) is 88.3 cm³/mol. The average Bonchev–Trinajstić information content (AvgIpc) is 3.21. The maximum atomic E-state index is 12.2. The molecule has 1 fully saturated rings. The molecule has 0 aliphatic carbocycles. The minimum Gasteiger partial charge on any atom is -0.467 e. The lowest BCUT2D eigenvalue weighted by molar-refractivity contribution is -0.120. The van der Waals surface area contributed by atoms with Gasteiger partial charge in [-0.3, -0.25) is 9.48 Å². The summed E-state index contributed by atoms with van der Waals surface area (Å²) in [6, 6.07) is 3.44. The lowest BCUT2D eigenvalue weighted by Crippen LogP contribution is -2.24. The van der Waals surface area contributed by atoms with Gasteiger partial charge in [-0.15, -0.1) is 0 Å². The number of furan rings is 1. The molecular weight excluding hydrogens is 330 g/mol. The number of nitrogens with one attached hydrogen (secondary N) is 1. The van der Waals surface area contributed by atoms with Gasteiger partial charge in [-0.1, -0.05) is 0 Å². The molecule has 3 rings (SSSR count). The fourth-order valence-corrected chi connectivity index (χ4v) is 4.79. The highest BCUT2D eigenvalue weighted by molar-refractivity contribution is 7.91. The topological polar surface area (TPSA) is 94.2 Å². The molecule has 0 aromatic carbocycles. The van der Waals surface area contributed by atoms with Crippen molar-refractivity contribution in [3.05, 3.63) is 41.1 Å². The summed E-state index contributed by atoms with van der Waals surface area (Å²) in [5, 5.41) is 7.29. The normalized spacial score (nSPS) is 19.5. The van der Waals surface area contributed by atoms with Gasteiger partial charge in [0.05, 0.1) is 42.5 Å². The highest BCUT2D eigenvalue weighted by Gasteiger charge is 2.31. The smallest absolute Gasteiger partial charge is 0.224 e. The average molecular weight is 351 g/mol. The number of nitrogens with zero attached hydrogens (tertiary/aromatic N) is 2. The van der Waals surface area contributed by atoms with Crippen molar-refractivity contribution in [2.45, 2.75) is 39.3 Å². The van der Waals surface area contributed by atoms with E-state index in [1.807, 2.05) is 13.8 Å². The molecular formula is C16H21N3O4S. The van der Waals surface area contributed by atoms with Crippen LogP contribution in [0.1, 0.15) is 35.2 Å². The monoisotopic (exact) mass is 351 g/mol. The Bertz CT molecular complexity index is 837. The first-order chi connectivity index (χ1) is 11.4. The third-order valence-electron chi connectivity index (χ3n) is 4.41. The number of aromatic nitrogens is 2. The molecule has 1 unspecified atom stereocenters. The van der Waals surface area contributed by atoms with Crippen molar-refractivity contribution in [3.63, 3.8) is 0 Å². The van der Waals surface area contributed by atoms with Crippen molar-refractivity contribution in [3.8, 4) is 0 Å². The first-order valence-electron chi connectivity index (χ1n) is 7.90. The van der Waals surface area contributed by atoms with Gasteiger partial charge < -0.3 is 9.73 Å². The second-order valence-corrected chi connectivity index (χ2v) is 8.41. The van der Waals surface area contributed by atoms with Crippen LogP contribution in [-0.2, 0) is 27.6 Å². The molecule has 1 aliphatic heterocycles. The zero-order valence-corrected chi connectivity index (χ0v) is 14.6.